The summed E-state index contributed by atoms with van der Waals surface area (Å²) in [4.78, 5) is 33.1. The molecule has 0 radical (unpaired) electrons. The second kappa shape index (κ2) is 11.8. The quantitative estimate of drug-likeness (QED) is 0.293. The number of hydrogen-bond donors (Lipinski definition) is 2. The van der Waals surface area contributed by atoms with E-state index in [2.05, 4.69) is 84.0 Å². The standard InChI is InChI=1S/C43H71N3O3/c1-11-45-22-24-46(25-23-45)36(48)30-26-33(38(30,4)5)44-37(49)43-19-14-28(27(2)3)35(43)29-12-13-32-40(8)17-16-34(47)39(6,7)31(40)15-18-42(32,10)41(29,9)20-21-43/h28-35,47H,2,11-26H2,1,3-10H3,(H,44,49)/t28?,29?,30-,31?,32?,33-,34?,35?,40?,41?,42?,43?/m0/s1. The third-order valence-electron chi connectivity index (χ3n) is 18.5. The summed E-state index contributed by atoms with van der Waals surface area (Å²) >= 11 is 0. The zero-order chi connectivity index (χ0) is 35.5. The monoisotopic (exact) mass is 678 g/mol. The van der Waals surface area contributed by atoms with Crippen LogP contribution in [0, 0.1) is 68.0 Å². The fraction of sp³-hybridized carbons (Fsp3) is 0.907. The second-order valence-corrected chi connectivity index (χ2v) is 20.6. The highest BCUT2D eigenvalue weighted by atomic mass is 16.3. The Balaban J connectivity index is 1.12. The first-order valence-corrected chi connectivity index (χ1v) is 20.5. The summed E-state index contributed by atoms with van der Waals surface area (Å²) in [5.41, 5.74) is 1.33. The molecule has 276 valence electrons. The van der Waals surface area contributed by atoms with E-state index in [1.165, 1.54) is 31.3 Å². The van der Waals surface area contributed by atoms with Crippen molar-refractivity contribution in [3.05, 3.63) is 12.2 Å². The van der Waals surface area contributed by atoms with E-state index in [1.54, 1.807) is 0 Å². The minimum atomic E-state index is -0.337. The lowest BCUT2D eigenvalue weighted by Gasteiger charge is -2.72. The molecule has 7 rings (SSSR count). The molecule has 0 aromatic heterocycles. The molecule has 0 aromatic carbocycles. The van der Waals surface area contributed by atoms with Crippen LogP contribution in [-0.2, 0) is 9.59 Å². The molecule has 0 spiro atoms. The van der Waals surface area contributed by atoms with Crippen molar-refractivity contribution in [1.29, 1.82) is 0 Å². The molecule has 6 aliphatic carbocycles. The predicted octanol–water partition coefficient (Wildman–Crippen LogP) is 7.70. The SMILES string of the molecule is C=C(C)C1CCC2(C(=O)N[C@H]3C[C@@H](C(=O)N4CCN(CC)CC4)C3(C)C)CCC3(C)C(CCC4C5(C)CCC(O)C(C)(C)C5CCC43C)C12. The number of likely N-dealkylation sites (N-methyl/N-ethyl adjacent to an activating group) is 1. The van der Waals surface area contributed by atoms with Gasteiger partial charge in [-0.25, -0.2) is 0 Å². The Morgan fingerprint density at radius 3 is 2.12 bits per heavy atom. The van der Waals surface area contributed by atoms with Crippen molar-refractivity contribution in [2.24, 2.45) is 68.0 Å². The molecule has 7 fully saturated rings. The minimum absolute atomic E-state index is 0.0155. The van der Waals surface area contributed by atoms with Gasteiger partial charge in [0, 0.05) is 38.1 Å². The van der Waals surface area contributed by atoms with Gasteiger partial charge in [0.1, 0.15) is 0 Å². The lowest BCUT2D eigenvalue weighted by molar-refractivity contribution is -0.246. The van der Waals surface area contributed by atoms with E-state index in [1.807, 2.05) is 0 Å². The number of amides is 2. The number of carbonyl (C=O) groups is 2. The first kappa shape index (κ1) is 36.0. The molecule has 6 saturated carbocycles. The van der Waals surface area contributed by atoms with Crippen LogP contribution in [0.25, 0.3) is 0 Å². The van der Waals surface area contributed by atoms with Gasteiger partial charge in [-0.3, -0.25) is 9.59 Å². The highest BCUT2D eigenvalue weighted by Gasteiger charge is 2.72. The van der Waals surface area contributed by atoms with Gasteiger partial charge >= 0.3 is 0 Å². The molecule has 0 aromatic rings. The third kappa shape index (κ3) is 4.90. The number of nitrogens with one attached hydrogen (secondary N) is 1. The maximum Gasteiger partial charge on any atom is 0.226 e. The fourth-order valence-corrected chi connectivity index (χ4v) is 14.9. The summed E-state index contributed by atoms with van der Waals surface area (Å²) in [5, 5.41) is 14.8. The average Bonchev–Trinajstić information content (AvgIpc) is 3.46. The van der Waals surface area contributed by atoms with Crippen LogP contribution in [0.5, 0.6) is 0 Å². The van der Waals surface area contributed by atoms with Crippen molar-refractivity contribution in [2.45, 2.75) is 145 Å². The van der Waals surface area contributed by atoms with Gasteiger partial charge in [0.05, 0.1) is 11.5 Å². The van der Waals surface area contributed by atoms with Crippen LogP contribution in [0.1, 0.15) is 133 Å². The number of allylic oxidation sites excluding steroid dienone is 1. The number of nitrogens with zero attached hydrogens (tertiary/aromatic N) is 2. The molecule has 10 unspecified atom stereocenters. The van der Waals surface area contributed by atoms with Gasteiger partial charge in [0.2, 0.25) is 11.8 Å². The molecule has 6 heteroatoms. The summed E-state index contributed by atoms with van der Waals surface area (Å²) < 4.78 is 0. The topological polar surface area (TPSA) is 72.9 Å². The van der Waals surface area contributed by atoms with Gasteiger partial charge in [-0.05, 0) is 141 Å². The van der Waals surface area contributed by atoms with Gasteiger partial charge in [0.25, 0.3) is 0 Å². The van der Waals surface area contributed by atoms with Crippen LogP contribution < -0.4 is 5.32 Å². The number of carbonyl (C=O) groups excluding carboxylic acids is 2. The van der Waals surface area contributed by atoms with Crippen molar-refractivity contribution < 1.29 is 14.7 Å². The zero-order valence-electron chi connectivity index (χ0n) is 32.8. The Morgan fingerprint density at radius 1 is 0.796 bits per heavy atom. The van der Waals surface area contributed by atoms with Crippen LogP contribution in [-0.4, -0.2) is 71.6 Å². The van der Waals surface area contributed by atoms with Crippen LogP contribution in [0.2, 0.25) is 0 Å². The van der Waals surface area contributed by atoms with Gasteiger partial charge in [-0.2, -0.15) is 0 Å². The van der Waals surface area contributed by atoms with Crippen LogP contribution >= 0.6 is 0 Å². The van der Waals surface area contributed by atoms with Crippen LogP contribution in [0.4, 0.5) is 0 Å². The van der Waals surface area contributed by atoms with Gasteiger partial charge < -0.3 is 20.2 Å². The Hall–Kier alpha value is -1.40. The fourth-order valence-electron chi connectivity index (χ4n) is 14.9. The Morgan fingerprint density at radius 2 is 1.49 bits per heavy atom. The molecule has 7 aliphatic rings. The van der Waals surface area contributed by atoms with Crippen molar-refractivity contribution in [1.82, 2.24) is 15.1 Å². The molecular formula is C43H71N3O3. The molecule has 6 nitrogen and oxygen atoms in total. The number of aliphatic hydroxyl groups excluding tert-OH is 1. The number of fused-ring (bicyclic) bond motifs is 7. The summed E-state index contributed by atoms with van der Waals surface area (Å²) in [6.07, 6.45) is 11.7. The maximum absolute atomic E-state index is 14.9. The number of aliphatic hydroxyl groups is 1. The van der Waals surface area contributed by atoms with Gasteiger partial charge in [-0.15, -0.1) is 0 Å². The van der Waals surface area contributed by atoms with Crippen molar-refractivity contribution in [2.75, 3.05) is 32.7 Å². The van der Waals surface area contributed by atoms with Crippen LogP contribution in [0.15, 0.2) is 12.2 Å². The molecule has 1 saturated heterocycles. The second-order valence-electron chi connectivity index (χ2n) is 20.6. The third-order valence-corrected chi connectivity index (χ3v) is 18.5. The molecule has 2 amide bonds. The van der Waals surface area contributed by atoms with E-state index in [0.717, 1.165) is 77.7 Å². The zero-order valence-corrected chi connectivity index (χ0v) is 32.8. The first-order chi connectivity index (χ1) is 22.9. The van der Waals surface area contributed by atoms with Crippen molar-refractivity contribution in [3.63, 3.8) is 0 Å². The summed E-state index contributed by atoms with van der Waals surface area (Å²) in [6.45, 7) is 30.6. The van der Waals surface area contributed by atoms with E-state index < -0.39 is 0 Å². The smallest absolute Gasteiger partial charge is 0.226 e. The van der Waals surface area contributed by atoms with Crippen molar-refractivity contribution in [3.8, 4) is 0 Å². The average molecular weight is 678 g/mol. The largest absolute Gasteiger partial charge is 0.393 e. The highest BCUT2D eigenvalue weighted by Crippen LogP contribution is 2.77. The van der Waals surface area contributed by atoms with Crippen molar-refractivity contribution >= 4 is 11.8 Å². The molecule has 12 atom stereocenters. The number of rotatable bonds is 5. The molecule has 49 heavy (non-hydrogen) atoms. The van der Waals surface area contributed by atoms with E-state index in [9.17, 15) is 14.7 Å². The van der Waals surface area contributed by atoms with E-state index >= 15 is 0 Å². The molecule has 0 bridgehead atoms. The van der Waals surface area contributed by atoms with E-state index in [-0.39, 0.29) is 56.5 Å². The van der Waals surface area contributed by atoms with E-state index in [4.69, 9.17) is 0 Å². The van der Waals surface area contributed by atoms with Gasteiger partial charge in [0.15, 0.2) is 0 Å². The predicted molar refractivity (Wildman–Crippen MR) is 197 cm³/mol. The normalized spacial score (nSPS) is 48.7. The highest BCUT2D eigenvalue weighted by molar-refractivity contribution is 5.86. The molecule has 1 heterocycles. The summed E-state index contributed by atoms with van der Waals surface area (Å²) in [5.74, 6) is 3.05. The van der Waals surface area contributed by atoms with Gasteiger partial charge in [-0.1, -0.05) is 67.5 Å². The lowest BCUT2D eigenvalue weighted by Crippen LogP contribution is -2.68. The first-order valence-electron chi connectivity index (χ1n) is 20.5. The summed E-state index contributed by atoms with van der Waals surface area (Å²) in [6, 6.07) is 0.0478. The number of hydrogen-bond acceptors (Lipinski definition) is 4. The molecular weight excluding hydrogens is 606 g/mol. The van der Waals surface area contributed by atoms with Crippen LogP contribution in [0.3, 0.4) is 0 Å². The molecule has 2 N–H and O–H groups in total. The van der Waals surface area contributed by atoms with E-state index in [0.29, 0.717) is 35.5 Å². The Labute approximate surface area is 299 Å². The minimum Gasteiger partial charge on any atom is -0.393 e. The Kier molecular flexibility index (Phi) is 8.67. The maximum atomic E-state index is 14.9. The lowest BCUT2D eigenvalue weighted by atomic mass is 9.32. The summed E-state index contributed by atoms with van der Waals surface area (Å²) in [7, 11) is 0. The molecule has 1 aliphatic heterocycles. The number of piperazine rings is 1. The Bertz CT molecular complexity index is 1350.